The van der Waals surface area contributed by atoms with E-state index in [0.29, 0.717) is 0 Å². The maximum atomic E-state index is 11.6. The normalized spacial score (nSPS) is 50.0. The molecule has 0 spiro atoms. The first-order chi connectivity index (χ1) is 13.5. The van der Waals surface area contributed by atoms with Crippen molar-refractivity contribution >= 4 is 0 Å². The Bertz CT molecular complexity index is 606. The molecule has 1 saturated heterocycles. The van der Waals surface area contributed by atoms with Crippen molar-refractivity contribution in [1.29, 1.82) is 0 Å². The van der Waals surface area contributed by atoms with Crippen molar-refractivity contribution in [3.63, 3.8) is 0 Å². The van der Waals surface area contributed by atoms with Gasteiger partial charge in [0.2, 0.25) is 0 Å². The molecular formula is C21H37NO7. The van der Waals surface area contributed by atoms with Gasteiger partial charge in [-0.15, -0.1) is 0 Å². The summed E-state index contributed by atoms with van der Waals surface area (Å²) in [5.74, 6) is -0.240. The Morgan fingerprint density at radius 3 is 2.48 bits per heavy atom. The van der Waals surface area contributed by atoms with E-state index < -0.39 is 49.0 Å². The lowest BCUT2D eigenvalue weighted by Gasteiger charge is -2.57. The fourth-order valence-electron chi connectivity index (χ4n) is 5.24. The van der Waals surface area contributed by atoms with Crippen LogP contribution in [0.2, 0.25) is 0 Å². The van der Waals surface area contributed by atoms with Crippen LogP contribution in [0, 0.1) is 17.3 Å². The predicted octanol–water partition coefficient (Wildman–Crippen LogP) is -0.476. The lowest BCUT2D eigenvalue weighted by atomic mass is 9.54. The predicted molar refractivity (Wildman–Crippen MR) is 106 cm³/mol. The Kier molecular flexibility index (Phi) is 6.78. The molecule has 0 aromatic carbocycles. The molecule has 2 heterocycles. The number of fused-ring (bicyclic) bond motifs is 1. The highest BCUT2D eigenvalue weighted by atomic mass is 16.7. The highest BCUT2D eigenvalue weighted by Gasteiger charge is 2.57. The number of hydrogen-bond acceptors (Lipinski definition) is 8. The van der Waals surface area contributed by atoms with E-state index in [0.717, 1.165) is 25.9 Å². The van der Waals surface area contributed by atoms with Gasteiger partial charge >= 0.3 is 0 Å². The molecular weight excluding hydrogens is 378 g/mol. The number of hydrogen-bond donors (Lipinski definition) is 6. The molecule has 2 fully saturated rings. The molecule has 0 unspecified atom stereocenters. The molecule has 0 aromatic rings. The molecule has 6 N–H and O–H groups in total. The van der Waals surface area contributed by atoms with Crippen LogP contribution < -0.4 is 5.32 Å². The van der Waals surface area contributed by atoms with Gasteiger partial charge in [-0.3, -0.25) is 0 Å². The van der Waals surface area contributed by atoms with E-state index >= 15 is 0 Å². The summed E-state index contributed by atoms with van der Waals surface area (Å²) in [5, 5.41) is 55.0. The van der Waals surface area contributed by atoms with Gasteiger partial charge in [-0.25, -0.2) is 0 Å². The topological polar surface area (TPSA) is 132 Å². The third kappa shape index (κ3) is 4.02. The summed E-state index contributed by atoms with van der Waals surface area (Å²) >= 11 is 0. The van der Waals surface area contributed by atoms with Crippen LogP contribution in [-0.2, 0) is 9.47 Å². The summed E-state index contributed by atoms with van der Waals surface area (Å²) in [7, 11) is 0. The minimum absolute atomic E-state index is 0.111. The van der Waals surface area contributed by atoms with Crippen LogP contribution in [0.5, 0.6) is 0 Å². The summed E-state index contributed by atoms with van der Waals surface area (Å²) < 4.78 is 11.7. The molecule has 0 bridgehead atoms. The maximum Gasteiger partial charge on any atom is 0.187 e. The highest BCUT2D eigenvalue weighted by molar-refractivity contribution is 5.27. The van der Waals surface area contributed by atoms with Crippen LogP contribution in [0.1, 0.15) is 40.5 Å². The summed E-state index contributed by atoms with van der Waals surface area (Å²) in [6.07, 6.45) is -3.55. The van der Waals surface area contributed by atoms with Crippen molar-refractivity contribution < 1.29 is 35.0 Å². The third-order valence-electron chi connectivity index (χ3n) is 7.42. The molecule has 8 nitrogen and oxygen atoms in total. The molecule has 8 heteroatoms. The van der Waals surface area contributed by atoms with Crippen LogP contribution >= 0.6 is 0 Å². The summed E-state index contributed by atoms with van der Waals surface area (Å²) in [5.41, 5.74) is -0.244. The van der Waals surface area contributed by atoms with Gasteiger partial charge in [0.1, 0.15) is 24.4 Å². The van der Waals surface area contributed by atoms with Gasteiger partial charge < -0.3 is 40.3 Å². The Morgan fingerprint density at radius 1 is 1.14 bits per heavy atom. The maximum absolute atomic E-state index is 11.6. The smallest absolute Gasteiger partial charge is 0.187 e. The Labute approximate surface area is 172 Å². The molecule has 3 aliphatic rings. The first-order valence-electron chi connectivity index (χ1n) is 10.6. The van der Waals surface area contributed by atoms with E-state index in [1.54, 1.807) is 6.92 Å². The number of rotatable bonds is 3. The first kappa shape index (κ1) is 23.1. The van der Waals surface area contributed by atoms with Gasteiger partial charge in [0, 0.05) is 5.92 Å². The molecule has 9 atom stereocenters. The molecule has 168 valence electrons. The van der Waals surface area contributed by atoms with Gasteiger partial charge in [0.05, 0.1) is 18.3 Å². The van der Waals surface area contributed by atoms with Gasteiger partial charge in [-0.1, -0.05) is 32.4 Å². The second-order valence-corrected chi connectivity index (χ2v) is 9.53. The van der Waals surface area contributed by atoms with Crippen molar-refractivity contribution in [3.8, 4) is 0 Å². The van der Waals surface area contributed by atoms with Crippen molar-refractivity contribution in [2.45, 2.75) is 82.9 Å². The van der Waals surface area contributed by atoms with E-state index in [1.165, 1.54) is 5.57 Å². The zero-order valence-corrected chi connectivity index (χ0v) is 17.8. The number of aliphatic hydroxyl groups excluding tert-OH is 4. The SMILES string of the molecule is C[C@@H]1[C@H](O[C@@H]2O[C@H](CO)[C@@H](O)[C@H](O)[C@H]2O)[C@@](C)(O)[C@@H]2CCNCC/C=C\2C1(C)C. The van der Waals surface area contributed by atoms with E-state index in [1.807, 2.05) is 6.92 Å². The second kappa shape index (κ2) is 8.51. The Morgan fingerprint density at radius 2 is 1.83 bits per heavy atom. The molecule has 0 amide bonds. The van der Waals surface area contributed by atoms with Crippen molar-refractivity contribution in [1.82, 2.24) is 5.32 Å². The van der Waals surface area contributed by atoms with Crippen molar-refractivity contribution in [2.75, 3.05) is 19.7 Å². The molecule has 0 radical (unpaired) electrons. The quantitative estimate of drug-likeness (QED) is 0.341. The first-order valence-corrected chi connectivity index (χ1v) is 10.6. The van der Waals surface area contributed by atoms with Gasteiger partial charge in [-0.05, 0) is 44.2 Å². The largest absolute Gasteiger partial charge is 0.394 e. The van der Waals surface area contributed by atoms with E-state index in [-0.39, 0.29) is 17.3 Å². The highest BCUT2D eigenvalue weighted by Crippen LogP contribution is 2.54. The zero-order valence-electron chi connectivity index (χ0n) is 17.8. The van der Waals surface area contributed by atoms with Crippen molar-refractivity contribution in [3.05, 3.63) is 11.6 Å². The van der Waals surface area contributed by atoms with Crippen LogP contribution in [0.3, 0.4) is 0 Å². The lowest BCUT2D eigenvalue weighted by molar-refractivity contribution is -0.335. The van der Waals surface area contributed by atoms with Crippen molar-refractivity contribution in [2.24, 2.45) is 17.3 Å². The number of nitrogens with one attached hydrogen (secondary N) is 1. The Balaban J connectivity index is 1.91. The average molecular weight is 416 g/mol. The average Bonchev–Trinajstić information content (AvgIpc) is 2.63. The van der Waals surface area contributed by atoms with E-state index in [4.69, 9.17) is 9.47 Å². The van der Waals surface area contributed by atoms with Crippen LogP contribution in [0.4, 0.5) is 0 Å². The molecule has 29 heavy (non-hydrogen) atoms. The fraction of sp³-hybridized carbons (Fsp3) is 0.905. The monoisotopic (exact) mass is 415 g/mol. The molecule has 0 aromatic heterocycles. The molecule has 2 aliphatic heterocycles. The molecule has 3 rings (SSSR count). The van der Waals surface area contributed by atoms with Crippen LogP contribution in [-0.4, -0.2) is 87.6 Å². The zero-order chi connectivity index (χ0) is 21.6. The third-order valence-corrected chi connectivity index (χ3v) is 7.42. The standard InChI is InChI=1S/C21H37NO7/c1-11-18(29-19-17(26)16(25)15(24)14(10-23)28-19)21(4,27)13-7-9-22-8-5-6-12(13)20(11,2)3/h6,11,13-19,22-27H,5,7-10H2,1-4H3/b12-6+/t11-,13-,14-,15-,16+,17-,18+,19+,21+/m1/s1. The summed E-state index contributed by atoms with van der Waals surface area (Å²) in [6.45, 7) is 9.23. The van der Waals surface area contributed by atoms with Gasteiger partial charge in [0.15, 0.2) is 6.29 Å². The van der Waals surface area contributed by atoms with Crippen LogP contribution in [0.15, 0.2) is 11.6 Å². The summed E-state index contributed by atoms with van der Waals surface area (Å²) in [4.78, 5) is 0. The Hall–Kier alpha value is -0.580. The van der Waals surface area contributed by atoms with E-state index in [9.17, 15) is 25.5 Å². The van der Waals surface area contributed by atoms with E-state index in [2.05, 4.69) is 25.2 Å². The molecule has 1 saturated carbocycles. The summed E-state index contributed by atoms with van der Waals surface area (Å²) in [6, 6.07) is 0. The second-order valence-electron chi connectivity index (χ2n) is 9.53. The number of ether oxygens (including phenoxy) is 2. The lowest BCUT2D eigenvalue weighted by Crippen LogP contribution is -2.65. The van der Waals surface area contributed by atoms with Gasteiger partial charge in [-0.2, -0.15) is 0 Å². The fourth-order valence-corrected chi connectivity index (χ4v) is 5.24. The van der Waals surface area contributed by atoms with Gasteiger partial charge in [0.25, 0.3) is 0 Å². The number of aliphatic hydroxyl groups is 5. The minimum atomic E-state index is -1.51. The van der Waals surface area contributed by atoms with Crippen LogP contribution in [0.25, 0.3) is 0 Å². The minimum Gasteiger partial charge on any atom is -0.394 e. The molecule has 1 aliphatic carbocycles.